The molecule has 2 rings (SSSR count). The molecule has 1 saturated heterocycles. The molecule has 18 heavy (non-hydrogen) atoms. The van der Waals surface area contributed by atoms with Crippen LogP contribution in [0.15, 0.2) is 18.2 Å². The monoisotopic (exact) mass is 432 g/mol. The molecule has 6 nitrogen and oxygen atoms in total. The molecule has 2 unspecified atom stereocenters. The van der Waals surface area contributed by atoms with E-state index in [4.69, 9.17) is 10.5 Å². The van der Waals surface area contributed by atoms with Crippen LogP contribution in [0.3, 0.4) is 0 Å². The van der Waals surface area contributed by atoms with E-state index in [0.29, 0.717) is 18.0 Å². The summed E-state index contributed by atoms with van der Waals surface area (Å²) < 4.78 is 16.4. The molecule has 3 N–H and O–H groups in total. The number of nitrogens with zero attached hydrogens (tertiary/aromatic N) is 1. The molecule has 1 aromatic carbocycles. The first-order valence-electron chi connectivity index (χ1n) is 5.34. The van der Waals surface area contributed by atoms with Crippen LogP contribution in [0.4, 0.5) is 10.5 Å². The molecule has 101 valence electrons. The van der Waals surface area contributed by atoms with Crippen LogP contribution < -0.4 is 15.8 Å². The predicted molar refractivity (Wildman–Crippen MR) is 60.4 cm³/mol. The number of carbonyl (C=O) groups excluding carboxylic acids is 1. The van der Waals surface area contributed by atoms with Gasteiger partial charge in [0.1, 0.15) is 0 Å². The zero-order chi connectivity index (χ0) is 13.3. The molecule has 2 amide bonds. The molecular weight excluding hydrogens is 417 g/mol. The number of ether oxygens (including phenoxy) is 1. The standard InChI is InChI=1S/C11H15N3O2.O.Pt/c1-14-9(6-13-11(14)15)7-3-4-10(16-2)8(12)5-7;;/h3-5,9H,6,12H2,1-2H3,(H,13,15);;/q;;+1. The van der Waals surface area contributed by atoms with Crippen molar-refractivity contribution in [1.82, 2.24) is 5.32 Å². The number of quaternary nitrogens is 1. The SMILES string of the molecule is COc1ccc(C2CNC(=O)[N+]2(C)[Pt]=[O])cc1N. The molecule has 0 radical (unpaired) electrons. The summed E-state index contributed by atoms with van der Waals surface area (Å²) >= 11 is -1.51. The summed E-state index contributed by atoms with van der Waals surface area (Å²) in [6.07, 6.45) is 0. The third-order valence-electron chi connectivity index (χ3n) is 3.16. The Labute approximate surface area is 114 Å². The van der Waals surface area contributed by atoms with Crippen molar-refractivity contribution in [3.05, 3.63) is 23.8 Å². The molecular formula is C11H15N3O3Pt+. The summed E-state index contributed by atoms with van der Waals surface area (Å²) in [7, 11) is 3.24. The summed E-state index contributed by atoms with van der Waals surface area (Å²) in [5.74, 6) is 0.599. The van der Waals surface area contributed by atoms with Crippen LogP contribution in [0, 0.1) is 0 Å². The van der Waals surface area contributed by atoms with Crippen LogP contribution >= 0.6 is 0 Å². The predicted octanol–water partition coefficient (Wildman–Crippen LogP) is 0.831. The number of likely N-dealkylation sites (N-methyl/N-ethyl adjacent to an activating group) is 1. The van der Waals surface area contributed by atoms with Crippen LogP contribution in [0.2, 0.25) is 0 Å². The third kappa shape index (κ3) is 1.95. The van der Waals surface area contributed by atoms with Crippen molar-refractivity contribution in [3.8, 4) is 5.75 Å². The summed E-state index contributed by atoms with van der Waals surface area (Å²) in [4.78, 5) is 11.8. The van der Waals surface area contributed by atoms with Gasteiger partial charge in [-0.15, -0.1) is 0 Å². The van der Waals surface area contributed by atoms with Gasteiger partial charge in [-0.3, -0.25) is 0 Å². The molecule has 0 bridgehead atoms. The number of hydrogen-bond acceptors (Lipinski definition) is 4. The summed E-state index contributed by atoms with van der Waals surface area (Å²) in [6, 6.07) is 5.05. The van der Waals surface area contributed by atoms with Gasteiger partial charge in [-0.25, -0.2) is 0 Å². The van der Waals surface area contributed by atoms with Crippen LogP contribution in [-0.4, -0.2) is 29.8 Å². The number of carbonyl (C=O) groups is 1. The molecule has 0 spiro atoms. The van der Waals surface area contributed by atoms with E-state index < -0.39 is 18.8 Å². The Morgan fingerprint density at radius 3 is 2.83 bits per heavy atom. The van der Waals surface area contributed by atoms with Crippen LogP contribution in [-0.2, 0) is 22.2 Å². The van der Waals surface area contributed by atoms with Crippen molar-refractivity contribution < 1.29 is 34.7 Å². The normalized spacial score (nSPS) is 27.2. The fraction of sp³-hybridized carbons (Fsp3) is 0.364. The first-order chi connectivity index (χ1) is 8.52. The second-order valence-electron chi connectivity index (χ2n) is 4.17. The molecule has 1 heterocycles. The first kappa shape index (κ1) is 13.2. The van der Waals surface area contributed by atoms with Gasteiger partial charge in [0.15, 0.2) is 0 Å². The molecule has 0 saturated carbocycles. The first-order valence-corrected chi connectivity index (χ1v) is 7.29. The number of rotatable bonds is 3. The van der Waals surface area contributed by atoms with Crippen LogP contribution in [0.5, 0.6) is 5.75 Å². The number of amides is 2. The Balaban J connectivity index is 2.40. The van der Waals surface area contributed by atoms with Crippen molar-refractivity contribution in [3.63, 3.8) is 0 Å². The molecule has 1 aromatic rings. The average Bonchev–Trinajstić information content (AvgIpc) is 2.66. The molecule has 1 aliphatic rings. The molecule has 0 aliphatic carbocycles. The number of urea groups is 1. The van der Waals surface area contributed by atoms with Crippen molar-refractivity contribution in [2.24, 2.45) is 0 Å². The number of hydrogen-bond donors (Lipinski definition) is 2. The summed E-state index contributed by atoms with van der Waals surface area (Å²) in [5.41, 5.74) is 7.27. The van der Waals surface area contributed by atoms with Gasteiger partial charge in [0.05, 0.1) is 0 Å². The van der Waals surface area contributed by atoms with E-state index in [0.717, 1.165) is 5.56 Å². The summed E-state index contributed by atoms with van der Waals surface area (Å²) in [5, 5.41) is 2.75. The Kier molecular flexibility index (Phi) is 3.50. The van der Waals surface area contributed by atoms with Gasteiger partial charge >= 0.3 is 114 Å². The third-order valence-corrected chi connectivity index (χ3v) is 5.19. The average molecular weight is 432 g/mol. The number of nitrogens with one attached hydrogen (secondary N) is 1. The van der Waals surface area contributed by atoms with Gasteiger partial charge < -0.3 is 0 Å². The molecule has 0 aromatic heterocycles. The number of nitrogens with two attached hydrogens (primary N) is 1. The van der Waals surface area contributed by atoms with Gasteiger partial charge in [0.2, 0.25) is 0 Å². The fourth-order valence-corrected chi connectivity index (χ4v) is 3.26. The van der Waals surface area contributed by atoms with E-state index in [-0.39, 0.29) is 15.1 Å². The van der Waals surface area contributed by atoms with Crippen molar-refractivity contribution in [1.29, 1.82) is 0 Å². The Hall–Kier alpha value is -1.26. The van der Waals surface area contributed by atoms with Crippen molar-refractivity contribution >= 4 is 11.7 Å². The van der Waals surface area contributed by atoms with Gasteiger partial charge in [0.25, 0.3) is 0 Å². The van der Waals surface area contributed by atoms with Crippen molar-refractivity contribution in [2.75, 3.05) is 26.4 Å². The van der Waals surface area contributed by atoms with Gasteiger partial charge in [0, 0.05) is 0 Å². The Morgan fingerprint density at radius 1 is 1.56 bits per heavy atom. The second-order valence-corrected chi connectivity index (χ2v) is 6.69. The fourth-order valence-electron chi connectivity index (χ4n) is 2.06. The Morgan fingerprint density at radius 2 is 2.28 bits per heavy atom. The van der Waals surface area contributed by atoms with Gasteiger partial charge in [-0.1, -0.05) is 0 Å². The molecule has 7 heteroatoms. The topological polar surface area (TPSA) is 81.4 Å². The van der Waals surface area contributed by atoms with Crippen LogP contribution in [0.25, 0.3) is 0 Å². The van der Waals surface area contributed by atoms with Gasteiger partial charge in [-0.2, -0.15) is 0 Å². The quantitative estimate of drug-likeness (QED) is 0.694. The minimum atomic E-state index is -1.51. The number of anilines is 1. The van der Waals surface area contributed by atoms with E-state index in [1.54, 1.807) is 26.3 Å². The number of benzene rings is 1. The molecule has 1 aliphatic heterocycles. The summed E-state index contributed by atoms with van der Waals surface area (Å²) in [6.45, 7) is 0.476. The van der Waals surface area contributed by atoms with E-state index >= 15 is 0 Å². The molecule has 2 atom stereocenters. The maximum atomic E-state index is 11.8. The zero-order valence-electron chi connectivity index (χ0n) is 10.1. The number of nitrogen functional groups attached to an aromatic ring is 1. The molecule has 1 fully saturated rings. The Bertz CT molecular complexity index is 508. The van der Waals surface area contributed by atoms with E-state index in [1.807, 2.05) is 6.07 Å². The minimum absolute atomic E-state index is 0.0776. The number of methoxy groups -OCH3 is 1. The van der Waals surface area contributed by atoms with E-state index in [9.17, 15) is 8.19 Å². The van der Waals surface area contributed by atoms with Gasteiger partial charge in [-0.05, 0) is 0 Å². The maximum absolute atomic E-state index is 11.8. The van der Waals surface area contributed by atoms with Crippen LogP contribution in [0.1, 0.15) is 11.6 Å². The zero-order valence-corrected chi connectivity index (χ0v) is 12.4. The van der Waals surface area contributed by atoms with Crippen molar-refractivity contribution in [2.45, 2.75) is 6.04 Å². The van der Waals surface area contributed by atoms with E-state index in [1.165, 1.54) is 0 Å². The van der Waals surface area contributed by atoms with E-state index in [2.05, 4.69) is 5.32 Å². The second kappa shape index (κ2) is 4.78.